The second kappa shape index (κ2) is 10.7. The SMILES string of the molecule is C=C(C)Nc1cccc2c1C(=O)c1cccc(NCC(C)(C)COC(=O)C=Cc3ccccc3)c1C2=O. The Kier molecular flexibility index (Phi) is 7.39. The molecule has 0 aromatic heterocycles. The lowest BCUT2D eigenvalue weighted by Gasteiger charge is -2.27. The molecule has 0 aliphatic heterocycles. The highest BCUT2D eigenvalue weighted by Gasteiger charge is 2.34. The van der Waals surface area contributed by atoms with E-state index in [-0.39, 0.29) is 18.2 Å². The zero-order valence-corrected chi connectivity index (χ0v) is 21.3. The van der Waals surface area contributed by atoms with Gasteiger partial charge in [0.05, 0.1) is 23.4 Å². The van der Waals surface area contributed by atoms with Gasteiger partial charge in [0.15, 0.2) is 11.6 Å². The van der Waals surface area contributed by atoms with Gasteiger partial charge in [-0.05, 0) is 30.7 Å². The number of nitrogens with one attached hydrogen (secondary N) is 2. The monoisotopic (exact) mass is 494 g/mol. The molecule has 0 fully saturated rings. The third-order valence-electron chi connectivity index (χ3n) is 5.99. The topological polar surface area (TPSA) is 84.5 Å². The Morgan fingerprint density at radius 1 is 0.892 bits per heavy atom. The smallest absolute Gasteiger partial charge is 0.330 e. The molecule has 37 heavy (non-hydrogen) atoms. The molecule has 0 heterocycles. The Balaban J connectivity index is 1.47. The van der Waals surface area contributed by atoms with Crippen molar-refractivity contribution in [2.45, 2.75) is 20.8 Å². The number of benzene rings is 3. The summed E-state index contributed by atoms with van der Waals surface area (Å²) in [5.41, 5.74) is 3.72. The molecule has 2 N–H and O–H groups in total. The first-order valence-corrected chi connectivity index (χ1v) is 12.1. The van der Waals surface area contributed by atoms with Crippen molar-refractivity contribution in [2.24, 2.45) is 5.41 Å². The standard InChI is InChI=1S/C31H30N2O4/c1-20(2)33-25-15-9-13-23-28(25)30(36)22-12-8-14-24(27(22)29(23)35)32-18-31(3,4)19-37-26(34)17-16-21-10-6-5-7-11-21/h5-17,32-33H,1,18-19H2,2-4H3. The van der Waals surface area contributed by atoms with Crippen molar-refractivity contribution in [3.8, 4) is 0 Å². The first-order chi connectivity index (χ1) is 17.7. The lowest BCUT2D eigenvalue weighted by Crippen LogP contribution is -2.31. The second-order valence-electron chi connectivity index (χ2n) is 9.89. The van der Waals surface area contributed by atoms with E-state index in [2.05, 4.69) is 17.2 Å². The van der Waals surface area contributed by atoms with Crippen LogP contribution in [0.2, 0.25) is 0 Å². The number of hydrogen-bond acceptors (Lipinski definition) is 6. The van der Waals surface area contributed by atoms with Gasteiger partial charge < -0.3 is 15.4 Å². The Labute approximate surface area is 217 Å². The van der Waals surface area contributed by atoms with Crippen LogP contribution >= 0.6 is 0 Å². The molecule has 0 bridgehead atoms. The van der Waals surface area contributed by atoms with Crippen molar-refractivity contribution in [3.05, 3.63) is 113 Å². The van der Waals surface area contributed by atoms with Gasteiger partial charge in [-0.1, -0.05) is 75.0 Å². The summed E-state index contributed by atoms with van der Waals surface area (Å²) in [7, 11) is 0. The van der Waals surface area contributed by atoms with Crippen molar-refractivity contribution < 1.29 is 19.1 Å². The van der Waals surface area contributed by atoms with Crippen LogP contribution in [0.15, 0.2) is 85.1 Å². The van der Waals surface area contributed by atoms with Crippen LogP contribution in [0.4, 0.5) is 11.4 Å². The summed E-state index contributed by atoms with van der Waals surface area (Å²) in [5.74, 6) is -0.852. The zero-order chi connectivity index (χ0) is 26.6. The van der Waals surface area contributed by atoms with Crippen LogP contribution in [0.25, 0.3) is 6.08 Å². The maximum Gasteiger partial charge on any atom is 0.330 e. The molecule has 188 valence electrons. The minimum Gasteiger partial charge on any atom is -0.462 e. The molecule has 0 spiro atoms. The van der Waals surface area contributed by atoms with Crippen molar-refractivity contribution in [2.75, 3.05) is 23.8 Å². The summed E-state index contributed by atoms with van der Waals surface area (Å²) < 4.78 is 5.46. The van der Waals surface area contributed by atoms with E-state index >= 15 is 0 Å². The molecule has 1 aliphatic carbocycles. The minimum atomic E-state index is -0.433. The highest BCUT2D eigenvalue weighted by atomic mass is 16.5. The van der Waals surface area contributed by atoms with Crippen LogP contribution in [0.1, 0.15) is 58.2 Å². The quantitative estimate of drug-likeness (QED) is 0.216. The van der Waals surface area contributed by atoms with Gasteiger partial charge in [0.2, 0.25) is 0 Å². The van der Waals surface area contributed by atoms with E-state index in [9.17, 15) is 14.4 Å². The van der Waals surface area contributed by atoms with Gasteiger partial charge in [0, 0.05) is 40.5 Å². The Hall–Kier alpha value is -4.45. The summed E-state index contributed by atoms with van der Waals surface area (Å²) in [6, 6.07) is 19.9. The number of ketones is 2. The molecule has 3 aromatic rings. The number of rotatable bonds is 9. The number of esters is 1. The first kappa shape index (κ1) is 25.6. The van der Waals surface area contributed by atoms with Gasteiger partial charge in [0.1, 0.15) is 0 Å². The number of ether oxygens (including phenoxy) is 1. The highest BCUT2D eigenvalue weighted by molar-refractivity contribution is 6.31. The number of hydrogen-bond donors (Lipinski definition) is 2. The fourth-order valence-electron chi connectivity index (χ4n) is 4.15. The molecule has 0 radical (unpaired) electrons. The molecule has 1 aliphatic rings. The van der Waals surface area contributed by atoms with Crippen LogP contribution < -0.4 is 10.6 Å². The van der Waals surface area contributed by atoms with E-state index in [0.29, 0.717) is 45.9 Å². The Morgan fingerprint density at radius 3 is 2.11 bits per heavy atom. The maximum atomic E-state index is 13.5. The van der Waals surface area contributed by atoms with E-state index in [1.54, 1.807) is 49.4 Å². The number of allylic oxidation sites excluding steroid dienone is 1. The third-order valence-corrected chi connectivity index (χ3v) is 5.99. The van der Waals surface area contributed by atoms with Crippen molar-refractivity contribution in [1.82, 2.24) is 0 Å². The molecular weight excluding hydrogens is 464 g/mol. The van der Waals surface area contributed by atoms with Crippen LogP contribution in [0.5, 0.6) is 0 Å². The van der Waals surface area contributed by atoms with E-state index in [1.165, 1.54) is 6.08 Å². The summed E-state index contributed by atoms with van der Waals surface area (Å²) in [5, 5.41) is 6.40. The van der Waals surface area contributed by atoms with Gasteiger partial charge in [-0.2, -0.15) is 0 Å². The molecule has 4 rings (SSSR count). The molecular formula is C31H30N2O4. The highest BCUT2D eigenvalue weighted by Crippen LogP contribution is 2.36. The van der Waals surface area contributed by atoms with Crippen molar-refractivity contribution in [1.29, 1.82) is 0 Å². The average Bonchev–Trinajstić information content (AvgIpc) is 2.88. The predicted molar refractivity (Wildman–Crippen MR) is 147 cm³/mol. The minimum absolute atomic E-state index is 0.179. The lowest BCUT2D eigenvalue weighted by atomic mass is 9.82. The van der Waals surface area contributed by atoms with E-state index < -0.39 is 11.4 Å². The summed E-state index contributed by atoms with van der Waals surface area (Å²) in [4.78, 5) is 39.2. The van der Waals surface area contributed by atoms with Gasteiger partial charge in [-0.15, -0.1) is 0 Å². The number of carbonyl (C=O) groups excluding carboxylic acids is 3. The molecule has 0 saturated heterocycles. The normalized spacial score (nSPS) is 12.6. The van der Waals surface area contributed by atoms with Crippen LogP contribution in [-0.4, -0.2) is 30.7 Å². The summed E-state index contributed by atoms with van der Waals surface area (Å²) in [6.45, 7) is 10.2. The molecule has 3 aromatic carbocycles. The largest absolute Gasteiger partial charge is 0.462 e. The molecule has 6 heteroatoms. The van der Waals surface area contributed by atoms with Crippen LogP contribution in [0.3, 0.4) is 0 Å². The fraction of sp³-hybridized carbons (Fsp3) is 0.194. The Morgan fingerprint density at radius 2 is 1.49 bits per heavy atom. The maximum absolute atomic E-state index is 13.5. The average molecular weight is 495 g/mol. The second-order valence-corrected chi connectivity index (χ2v) is 9.89. The van der Waals surface area contributed by atoms with Crippen molar-refractivity contribution >= 4 is 35.0 Å². The molecule has 0 saturated carbocycles. The first-order valence-electron chi connectivity index (χ1n) is 12.1. The van der Waals surface area contributed by atoms with Gasteiger partial charge in [-0.3, -0.25) is 9.59 Å². The molecule has 6 nitrogen and oxygen atoms in total. The molecule has 0 amide bonds. The van der Waals surface area contributed by atoms with Crippen molar-refractivity contribution in [3.63, 3.8) is 0 Å². The number of anilines is 2. The predicted octanol–water partition coefficient (Wildman–Crippen LogP) is 6.10. The van der Waals surface area contributed by atoms with Gasteiger partial charge in [0.25, 0.3) is 0 Å². The molecule has 0 atom stereocenters. The summed E-state index contributed by atoms with van der Waals surface area (Å²) in [6.07, 6.45) is 3.12. The van der Waals surface area contributed by atoms with Crippen LogP contribution in [0, 0.1) is 5.41 Å². The zero-order valence-electron chi connectivity index (χ0n) is 21.3. The van der Waals surface area contributed by atoms with Crippen LogP contribution in [-0.2, 0) is 9.53 Å². The lowest BCUT2D eigenvalue weighted by molar-refractivity contribution is -0.140. The van der Waals surface area contributed by atoms with E-state index in [4.69, 9.17) is 4.74 Å². The number of fused-ring (bicyclic) bond motifs is 2. The molecule has 0 unspecified atom stereocenters. The third kappa shape index (κ3) is 5.86. The van der Waals surface area contributed by atoms with Gasteiger partial charge in [-0.25, -0.2) is 4.79 Å². The van der Waals surface area contributed by atoms with E-state index in [0.717, 1.165) is 5.56 Å². The van der Waals surface area contributed by atoms with Gasteiger partial charge >= 0.3 is 5.97 Å². The number of carbonyl (C=O) groups is 3. The van der Waals surface area contributed by atoms with E-state index in [1.807, 2.05) is 44.2 Å². The Bertz CT molecular complexity index is 1400. The summed E-state index contributed by atoms with van der Waals surface area (Å²) >= 11 is 0. The fourth-order valence-corrected chi connectivity index (χ4v) is 4.15.